The number of sulfonamides is 1. The fraction of sp³-hybridized carbons (Fsp3) is 0.286. The van der Waals surface area contributed by atoms with E-state index in [2.05, 4.69) is 20.3 Å². The zero-order valence-electron chi connectivity index (χ0n) is 13.8. The summed E-state index contributed by atoms with van der Waals surface area (Å²) in [6, 6.07) is 3.22. The molecular weight excluding hydrogens is 386 g/mol. The molecule has 2 heterocycles. The lowest BCUT2D eigenvalue weighted by Gasteiger charge is -2.13. The maximum atomic E-state index is 12.4. The standard InChI is InChI=1S/C14H16ClN5O5S/c1-8-6-11(25-2)18-13(17-8)19-14(22)20-26(23,24)12-9(10(21)7-15)4-3-5-16-12/h3-6,10,21H,7H2,1-2H3,(H2,17,18,19,20,22). The molecule has 2 rings (SSSR count). The smallest absolute Gasteiger partial charge is 0.335 e. The fourth-order valence-electron chi connectivity index (χ4n) is 1.96. The summed E-state index contributed by atoms with van der Waals surface area (Å²) in [4.78, 5) is 23.6. The molecule has 1 atom stereocenters. The highest BCUT2D eigenvalue weighted by Crippen LogP contribution is 2.21. The van der Waals surface area contributed by atoms with Crippen LogP contribution in [0, 0.1) is 6.92 Å². The number of alkyl halides is 1. The normalized spacial score (nSPS) is 12.3. The molecule has 26 heavy (non-hydrogen) atoms. The van der Waals surface area contributed by atoms with Crippen molar-refractivity contribution in [3.8, 4) is 5.88 Å². The van der Waals surface area contributed by atoms with E-state index in [1.165, 1.54) is 31.5 Å². The number of pyridine rings is 1. The van der Waals surface area contributed by atoms with Gasteiger partial charge in [-0.15, -0.1) is 11.6 Å². The third-order valence-electron chi connectivity index (χ3n) is 3.05. The van der Waals surface area contributed by atoms with E-state index < -0.39 is 27.2 Å². The minimum Gasteiger partial charge on any atom is -0.481 e. The van der Waals surface area contributed by atoms with Crippen LogP contribution in [0.2, 0.25) is 0 Å². The number of urea groups is 1. The predicted molar refractivity (Wildman–Crippen MR) is 92.6 cm³/mol. The second-order valence-electron chi connectivity index (χ2n) is 5.00. The molecule has 0 radical (unpaired) electrons. The molecule has 1 unspecified atom stereocenters. The number of amides is 2. The molecule has 10 nitrogen and oxygen atoms in total. The SMILES string of the molecule is COc1cc(C)nc(NC(=O)NS(=O)(=O)c2ncccc2C(O)CCl)n1. The predicted octanol–water partition coefficient (Wildman–Crippen LogP) is 0.971. The summed E-state index contributed by atoms with van der Waals surface area (Å²) in [5.41, 5.74) is 0.475. The molecule has 0 fully saturated rings. The van der Waals surface area contributed by atoms with Gasteiger partial charge in [-0.3, -0.25) is 5.32 Å². The Kier molecular flexibility index (Phi) is 6.29. The Hall–Kier alpha value is -2.50. The first-order valence-electron chi connectivity index (χ1n) is 7.19. The number of nitrogens with zero attached hydrogens (tertiary/aromatic N) is 3. The summed E-state index contributed by atoms with van der Waals surface area (Å²) in [6.07, 6.45) is -0.0461. The van der Waals surface area contributed by atoms with Gasteiger partial charge in [0.05, 0.1) is 19.1 Å². The van der Waals surface area contributed by atoms with Crippen molar-refractivity contribution >= 4 is 33.6 Å². The van der Waals surface area contributed by atoms with Gasteiger partial charge in [0.25, 0.3) is 10.0 Å². The summed E-state index contributed by atoms with van der Waals surface area (Å²) in [6.45, 7) is 1.65. The first-order chi connectivity index (χ1) is 12.3. The Morgan fingerprint density at radius 1 is 1.42 bits per heavy atom. The van der Waals surface area contributed by atoms with Crippen molar-refractivity contribution < 1.29 is 23.1 Å². The van der Waals surface area contributed by atoms with Crippen LogP contribution in [-0.4, -0.2) is 47.5 Å². The first-order valence-corrected chi connectivity index (χ1v) is 9.21. The highest BCUT2D eigenvalue weighted by Gasteiger charge is 2.26. The summed E-state index contributed by atoms with van der Waals surface area (Å²) in [5, 5.41) is 11.5. The number of nitrogens with one attached hydrogen (secondary N) is 2. The summed E-state index contributed by atoms with van der Waals surface area (Å²) in [7, 11) is -2.98. The molecule has 140 valence electrons. The second-order valence-corrected chi connectivity index (χ2v) is 6.91. The van der Waals surface area contributed by atoms with Gasteiger partial charge in [0, 0.05) is 23.5 Å². The minimum atomic E-state index is -4.37. The monoisotopic (exact) mass is 401 g/mol. The summed E-state index contributed by atoms with van der Waals surface area (Å²) < 4.78 is 31.6. The number of aryl methyl sites for hydroxylation is 1. The molecule has 0 aliphatic heterocycles. The molecule has 0 bridgehead atoms. The van der Waals surface area contributed by atoms with Crippen molar-refractivity contribution in [2.45, 2.75) is 18.1 Å². The van der Waals surface area contributed by atoms with E-state index >= 15 is 0 Å². The Labute approximate surface area is 154 Å². The maximum absolute atomic E-state index is 12.4. The van der Waals surface area contributed by atoms with Crippen LogP contribution in [-0.2, 0) is 10.0 Å². The van der Waals surface area contributed by atoms with Crippen molar-refractivity contribution in [3.63, 3.8) is 0 Å². The van der Waals surface area contributed by atoms with Gasteiger partial charge >= 0.3 is 6.03 Å². The van der Waals surface area contributed by atoms with Crippen molar-refractivity contribution in [3.05, 3.63) is 35.7 Å². The third-order valence-corrected chi connectivity index (χ3v) is 4.65. The van der Waals surface area contributed by atoms with E-state index in [4.69, 9.17) is 16.3 Å². The average Bonchev–Trinajstić information content (AvgIpc) is 2.59. The quantitative estimate of drug-likeness (QED) is 0.607. The van der Waals surface area contributed by atoms with Crippen LogP contribution in [0.5, 0.6) is 5.88 Å². The van der Waals surface area contributed by atoms with E-state index in [9.17, 15) is 18.3 Å². The second kappa shape index (κ2) is 8.25. The number of anilines is 1. The van der Waals surface area contributed by atoms with Gasteiger partial charge in [0.1, 0.15) is 0 Å². The molecule has 3 N–H and O–H groups in total. The molecule has 0 aliphatic carbocycles. The van der Waals surface area contributed by atoms with Crippen LogP contribution < -0.4 is 14.8 Å². The van der Waals surface area contributed by atoms with Crippen LogP contribution in [0.25, 0.3) is 0 Å². The van der Waals surface area contributed by atoms with E-state index in [0.29, 0.717) is 5.69 Å². The lowest BCUT2D eigenvalue weighted by Crippen LogP contribution is -2.36. The van der Waals surface area contributed by atoms with Crippen LogP contribution in [0.1, 0.15) is 17.4 Å². The van der Waals surface area contributed by atoms with E-state index in [1.807, 2.05) is 0 Å². The summed E-state index contributed by atoms with van der Waals surface area (Å²) in [5.74, 6) is -0.179. The fourth-order valence-corrected chi connectivity index (χ4v) is 3.23. The number of carbonyl (C=O) groups excluding carboxylic acids is 1. The number of aliphatic hydroxyl groups excluding tert-OH is 1. The van der Waals surface area contributed by atoms with Crippen LogP contribution >= 0.6 is 11.6 Å². The summed E-state index contributed by atoms with van der Waals surface area (Å²) >= 11 is 5.56. The number of hydrogen-bond donors (Lipinski definition) is 3. The number of hydrogen-bond acceptors (Lipinski definition) is 8. The third kappa shape index (κ3) is 4.77. The minimum absolute atomic E-state index is 0.0312. The number of halogens is 1. The first kappa shape index (κ1) is 19.8. The molecule has 0 aliphatic rings. The lowest BCUT2D eigenvalue weighted by molar-refractivity contribution is 0.198. The van der Waals surface area contributed by atoms with Gasteiger partial charge in [-0.25, -0.2) is 19.5 Å². The number of ether oxygens (including phenoxy) is 1. The van der Waals surface area contributed by atoms with Crippen molar-refractivity contribution in [1.29, 1.82) is 0 Å². The van der Waals surface area contributed by atoms with Crippen LogP contribution in [0.3, 0.4) is 0 Å². The lowest BCUT2D eigenvalue weighted by atomic mass is 10.2. The molecule has 0 aromatic carbocycles. The number of aromatic nitrogens is 3. The largest absolute Gasteiger partial charge is 0.481 e. The van der Waals surface area contributed by atoms with Gasteiger partial charge in [0.15, 0.2) is 5.03 Å². The van der Waals surface area contributed by atoms with Crippen molar-refractivity contribution in [1.82, 2.24) is 19.7 Å². The zero-order valence-corrected chi connectivity index (χ0v) is 15.4. The number of methoxy groups -OCH3 is 1. The average molecular weight is 402 g/mol. The van der Waals surface area contributed by atoms with Gasteiger partial charge in [-0.05, 0) is 13.0 Å². The topological polar surface area (TPSA) is 143 Å². The van der Waals surface area contributed by atoms with Gasteiger partial charge in [0.2, 0.25) is 11.8 Å². The number of aliphatic hydroxyl groups is 1. The van der Waals surface area contributed by atoms with Gasteiger partial charge in [-0.2, -0.15) is 13.4 Å². The Bertz CT molecular complexity index is 908. The molecule has 0 saturated carbocycles. The highest BCUT2D eigenvalue weighted by molar-refractivity contribution is 7.90. The van der Waals surface area contributed by atoms with Crippen LogP contribution in [0.4, 0.5) is 10.7 Å². The molecule has 0 saturated heterocycles. The highest BCUT2D eigenvalue weighted by atomic mass is 35.5. The van der Waals surface area contributed by atoms with Crippen molar-refractivity contribution in [2.75, 3.05) is 18.3 Å². The Morgan fingerprint density at radius 2 is 2.15 bits per heavy atom. The molecular formula is C14H16ClN5O5S. The van der Waals surface area contributed by atoms with E-state index in [1.54, 1.807) is 11.6 Å². The Balaban J connectivity index is 2.22. The van der Waals surface area contributed by atoms with Gasteiger partial charge in [-0.1, -0.05) is 6.07 Å². The molecule has 2 amide bonds. The zero-order chi connectivity index (χ0) is 19.3. The molecule has 2 aromatic heterocycles. The van der Waals surface area contributed by atoms with Gasteiger partial charge < -0.3 is 9.84 Å². The molecule has 2 aromatic rings. The van der Waals surface area contributed by atoms with Crippen molar-refractivity contribution in [2.24, 2.45) is 0 Å². The number of carbonyl (C=O) groups is 1. The number of rotatable bonds is 6. The Morgan fingerprint density at radius 3 is 2.81 bits per heavy atom. The molecule has 0 spiro atoms. The van der Waals surface area contributed by atoms with E-state index in [-0.39, 0.29) is 23.3 Å². The maximum Gasteiger partial charge on any atom is 0.335 e. The molecule has 12 heteroatoms. The van der Waals surface area contributed by atoms with Crippen LogP contribution in [0.15, 0.2) is 29.4 Å². The van der Waals surface area contributed by atoms with E-state index in [0.717, 1.165) is 0 Å².